The quantitative estimate of drug-likeness (QED) is 0.438. The van der Waals surface area contributed by atoms with E-state index >= 15 is 0 Å². The SMILES string of the molecule is CCn1c(C)c(C(=O)CN(CCN2CCOCC2)C(=O)C2CCC2)c(C)c1C(=O)OC. The van der Waals surface area contributed by atoms with Gasteiger partial charge in [0.1, 0.15) is 5.69 Å². The lowest BCUT2D eigenvalue weighted by Crippen LogP contribution is -2.47. The minimum absolute atomic E-state index is 0.0329. The van der Waals surface area contributed by atoms with Gasteiger partial charge in [0, 0.05) is 49.9 Å². The van der Waals surface area contributed by atoms with Crippen molar-refractivity contribution >= 4 is 17.7 Å². The number of rotatable bonds is 9. The maximum Gasteiger partial charge on any atom is 0.354 e. The van der Waals surface area contributed by atoms with E-state index in [2.05, 4.69) is 4.90 Å². The van der Waals surface area contributed by atoms with Crippen LogP contribution in [0.15, 0.2) is 0 Å². The molecular weight excluding hydrogens is 398 g/mol. The molecule has 0 unspecified atom stereocenters. The molecule has 0 bridgehead atoms. The van der Waals surface area contributed by atoms with Crippen LogP contribution in [0.2, 0.25) is 0 Å². The molecule has 1 aromatic rings. The topological polar surface area (TPSA) is 81.1 Å². The van der Waals surface area contributed by atoms with Crippen molar-refractivity contribution in [3.63, 3.8) is 0 Å². The number of hydrogen-bond acceptors (Lipinski definition) is 6. The maximum absolute atomic E-state index is 13.4. The van der Waals surface area contributed by atoms with E-state index in [1.165, 1.54) is 7.11 Å². The van der Waals surface area contributed by atoms with Gasteiger partial charge in [0.2, 0.25) is 5.91 Å². The Labute approximate surface area is 184 Å². The Morgan fingerprint density at radius 3 is 2.39 bits per heavy atom. The summed E-state index contributed by atoms with van der Waals surface area (Å²) in [6.07, 6.45) is 2.87. The summed E-state index contributed by atoms with van der Waals surface area (Å²) in [6.45, 7) is 10.5. The number of nitrogens with zero attached hydrogens (tertiary/aromatic N) is 3. The molecule has 1 aromatic heterocycles. The molecule has 0 radical (unpaired) electrons. The van der Waals surface area contributed by atoms with Gasteiger partial charge in [-0.3, -0.25) is 14.5 Å². The number of ketones is 1. The third-order valence-electron chi connectivity index (χ3n) is 6.63. The first-order valence-electron chi connectivity index (χ1n) is 11.3. The minimum atomic E-state index is -0.448. The Morgan fingerprint density at radius 2 is 1.84 bits per heavy atom. The Morgan fingerprint density at radius 1 is 1.16 bits per heavy atom. The summed E-state index contributed by atoms with van der Waals surface area (Å²) >= 11 is 0. The number of carbonyl (C=O) groups is 3. The van der Waals surface area contributed by atoms with Crippen LogP contribution in [-0.2, 0) is 20.8 Å². The van der Waals surface area contributed by atoms with E-state index in [1.807, 2.05) is 18.4 Å². The second kappa shape index (κ2) is 10.4. The summed E-state index contributed by atoms with van der Waals surface area (Å²) in [7, 11) is 1.34. The Hall–Kier alpha value is -2.19. The normalized spacial score (nSPS) is 17.3. The number of ether oxygens (including phenoxy) is 2. The zero-order chi connectivity index (χ0) is 22.5. The fourth-order valence-electron chi connectivity index (χ4n) is 4.58. The van der Waals surface area contributed by atoms with Crippen LogP contribution in [0, 0.1) is 19.8 Å². The molecule has 0 spiro atoms. The molecule has 1 aliphatic carbocycles. The fourth-order valence-corrected chi connectivity index (χ4v) is 4.58. The minimum Gasteiger partial charge on any atom is -0.464 e. The average molecular weight is 434 g/mol. The third-order valence-corrected chi connectivity index (χ3v) is 6.63. The Balaban J connectivity index is 1.79. The Kier molecular flexibility index (Phi) is 7.89. The van der Waals surface area contributed by atoms with Gasteiger partial charge in [-0.15, -0.1) is 0 Å². The van der Waals surface area contributed by atoms with Crippen LogP contribution in [0.3, 0.4) is 0 Å². The van der Waals surface area contributed by atoms with Crippen LogP contribution >= 0.6 is 0 Å². The first-order valence-corrected chi connectivity index (χ1v) is 11.3. The molecule has 31 heavy (non-hydrogen) atoms. The summed E-state index contributed by atoms with van der Waals surface area (Å²) in [6, 6.07) is 0. The van der Waals surface area contributed by atoms with E-state index in [0.717, 1.165) is 44.6 Å². The lowest BCUT2D eigenvalue weighted by molar-refractivity contribution is -0.138. The van der Waals surface area contributed by atoms with E-state index in [1.54, 1.807) is 11.8 Å². The van der Waals surface area contributed by atoms with Crippen molar-refractivity contribution in [2.75, 3.05) is 53.0 Å². The zero-order valence-corrected chi connectivity index (χ0v) is 19.2. The van der Waals surface area contributed by atoms with E-state index in [0.29, 0.717) is 43.1 Å². The van der Waals surface area contributed by atoms with Crippen LogP contribution in [0.4, 0.5) is 0 Å². The van der Waals surface area contributed by atoms with Crippen molar-refractivity contribution in [1.82, 2.24) is 14.4 Å². The van der Waals surface area contributed by atoms with Gasteiger partial charge >= 0.3 is 5.97 Å². The summed E-state index contributed by atoms with van der Waals surface area (Å²) in [5.41, 5.74) is 2.31. The van der Waals surface area contributed by atoms with Gasteiger partial charge in [-0.05, 0) is 39.2 Å². The van der Waals surface area contributed by atoms with Gasteiger partial charge in [0.05, 0.1) is 26.9 Å². The van der Waals surface area contributed by atoms with Gasteiger partial charge in [-0.25, -0.2) is 4.79 Å². The maximum atomic E-state index is 13.4. The highest BCUT2D eigenvalue weighted by Gasteiger charge is 2.33. The molecule has 3 rings (SSSR count). The molecule has 1 saturated heterocycles. The van der Waals surface area contributed by atoms with Crippen molar-refractivity contribution in [1.29, 1.82) is 0 Å². The average Bonchev–Trinajstić information content (AvgIpc) is 2.99. The van der Waals surface area contributed by atoms with Crippen LogP contribution in [0.25, 0.3) is 0 Å². The van der Waals surface area contributed by atoms with Gasteiger partial charge in [-0.2, -0.15) is 0 Å². The zero-order valence-electron chi connectivity index (χ0n) is 19.2. The molecular formula is C23H35N3O5. The highest BCUT2D eigenvalue weighted by molar-refractivity contribution is 6.04. The van der Waals surface area contributed by atoms with E-state index in [-0.39, 0.29) is 24.2 Å². The number of morpholine rings is 1. The molecule has 2 heterocycles. The smallest absolute Gasteiger partial charge is 0.354 e. The fraction of sp³-hybridized carbons (Fsp3) is 0.696. The number of hydrogen-bond donors (Lipinski definition) is 0. The number of amides is 1. The lowest BCUT2D eigenvalue weighted by Gasteiger charge is -2.34. The van der Waals surface area contributed by atoms with Crippen LogP contribution in [-0.4, -0.2) is 85.1 Å². The predicted octanol–water partition coefficient (Wildman–Crippen LogP) is 2.06. The van der Waals surface area contributed by atoms with E-state index in [4.69, 9.17) is 9.47 Å². The number of carbonyl (C=O) groups excluding carboxylic acids is 3. The van der Waals surface area contributed by atoms with Crippen LogP contribution in [0.5, 0.6) is 0 Å². The largest absolute Gasteiger partial charge is 0.464 e. The third kappa shape index (κ3) is 5.01. The summed E-state index contributed by atoms with van der Waals surface area (Å²) in [4.78, 5) is 42.8. The standard InChI is InChI=1S/C23H35N3O5/c1-5-26-17(3)20(16(2)21(26)23(29)30-4)19(27)15-25(22(28)18-7-6-8-18)10-9-24-11-13-31-14-12-24/h18H,5-15H2,1-4H3. The molecule has 1 aliphatic heterocycles. The van der Waals surface area contributed by atoms with Crippen molar-refractivity contribution < 1.29 is 23.9 Å². The van der Waals surface area contributed by atoms with Gasteiger partial charge in [0.25, 0.3) is 0 Å². The molecule has 1 saturated carbocycles. The molecule has 0 N–H and O–H groups in total. The molecule has 8 nitrogen and oxygen atoms in total. The molecule has 1 amide bonds. The monoisotopic (exact) mass is 433 g/mol. The summed E-state index contributed by atoms with van der Waals surface area (Å²) < 4.78 is 12.2. The molecule has 0 aromatic carbocycles. The highest BCUT2D eigenvalue weighted by Crippen LogP contribution is 2.29. The molecule has 2 fully saturated rings. The number of methoxy groups -OCH3 is 1. The molecule has 2 aliphatic rings. The number of Topliss-reactive ketones (excluding diaryl/α,β-unsaturated/α-hetero) is 1. The second-order valence-electron chi connectivity index (χ2n) is 8.43. The highest BCUT2D eigenvalue weighted by atomic mass is 16.5. The molecule has 8 heteroatoms. The van der Waals surface area contributed by atoms with Gasteiger partial charge in [0.15, 0.2) is 5.78 Å². The van der Waals surface area contributed by atoms with Gasteiger partial charge in [-0.1, -0.05) is 6.42 Å². The van der Waals surface area contributed by atoms with Crippen LogP contribution in [0.1, 0.15) is 58.3 Å². The summed E-state index contributed by atoms with van der Waals surface area (Å²) in [5.74, 6) is -0.463. The van der Waals surface area contributed by atoms with Crippen LogP contribution < -0.4 is 0 Å². The number of aromatic nitrogens is 1. The molecule has 0 atom stereocenters. The predicted molar refractivity (Wildman–Crippen MR) is 116 cm³/mol. The van der Waals surface area contributed by atoms with Crippen molar-refractivity contribution in [2.24, 2.45) is 5.92 Å². The van der Waals surface area contributed by atoms with E-state index < -0.39 is 5.97 Å². The first-order chi connectivity index (χ1) is 14.9. The Bertz CT molecular complexity index is 822. The number of esters is 1. The van der Waals surface area contributed by atoms with Crippen molar-refractivity contribution in [3.8, 4) is 0 Å². The van der Waals surface area contributed by atoms with Gasteiger partial charge < -0.3 is 18.9 Å². The van der Waals surface area contributed by atoms with E-state index in [9.17, 15) is 14.4 Å². The second-order valence-corrected chi connectivity index (χ2v) is 8.43. The first kappa shape index (κ1) is 23.5. The lowest BCUT2D eigenvalue weighted by atomic mass is 9.84. The molecule has 172 valence electrons. The van der Waals surface area contributed by atoms with Crippen molar-refractivity contribution in [2.45, 2.75) is 46.6 Å². The van der Waals surface area contributed by atoms with Crippen molar-refractivity contribution in [3.05, 3.63) is 22.5 Å². The summed E-state index contributed by atoms with van der Waals surface area (Å²) in [5, 5.41) is 0.